The second-order valence-electron chi connectivity index (χ2n) is 9.47. The van der Waals surface area contributed by atoms with Crippen LogP contribution in [0.15, 0.2) is 0 Å². The largest absolute Gasteiger partial charge is 0.374 e. The van der Waals surface area contributed by atoms with Gasteiger partial charge in [0.05, 0.1) is 24.4 Å². The van der Waals surface area contributed by atoms with Crippen molar-refractivity contribution < 1.29 is 18.9 Å². The Bertz CT molecular complexity index is 463. The van der Waals surface area contributed by atoms with Crippen molar-refractivity contribution in [3.05, 3.63) is 0 Å². The zero-order valence-corrected chi connectivity index (χ0v) is 19.5. The van der Waals surface area contributed by atoms with E-state index in [9.17, 15) is 0 Å². The maximum Gasteiger partial charge on any atom is 0.130 e. The van der Waals surface area contributed by atoms with Crippen LogP contribution in [0.3, 0.4) is 0 Å². The van der Waals surface area contributed by atoms with Crippen LogP contribution in [0.25, 0.3) is 0 Å². The quantitative estimate of drug-likeness (QED) is 0.640. The fraction of sp³-hybridized carbons (Fsp3) is 1.00. The lowest BCUT2D eigenvalue weighted by molar-refractivity contribution is -0.183. The number of hydrogen-bond donors (Lipinski definition) is 0. The summed E-state index contributed by atoms with van der Waals surface area (Å²) < 4.78 is 25.8. The molecule has 0 aromatic carbocycles. The van der Waals surface area contributed by atoms with Crippen molar-refractivity contribution in [3.63, 3.8) is 0 Å². The van der Waals surface area contributed by atoms with E-state index < -0.39 is 0 Å². The van der Waals surface area contributed by atoms with Gasteiger partial charge in [-0.1, -0.05) is 27.7 Å². The lowest BCUT2D eigenvalue weighted by Gasteiger charge is -2.48. The van der Waals surface area contributed by atoms with Gasteiger partial charge in [-0.15, -0.1) is 23.5 Å². The zero-order chi connectivity index (χ0) is 19.7. The summed E-state index contributed by atoms with van der Waals surface area (Å²) in [7, 11) is 0. The maximum absolute atomic E-state index is 6.74. The van der Waals surface area contributed by atoms with Crippen molar-refractivity contribution in [2.75, 3.05) is 24.7 Å². The van der Waals surface area contributed by atoms with Crippen LogP contribution < -0.4 is 0 Å². The topological polar surface area (TPSA) is 36.9 Å². The molecule has 0 amide bonds. The molecular weight excluding hydrogens is 392 g/mol. The SMILES string of the molecule is C[C@@H]1CCCO[C@H]1[C@@H]1O[C@H]([C@H]2O[C@@H]([C@@H]3OCCC[C@H]3C)SC[C@@H]2C)[C@@H](C)CS1. The molecule has 0 aromatic heterocycles. The van der Waals surface area contributed by atoms with Crippen LogP contribution >= 0.6 is 23.5 Å². The molecule has 4 fully saturated rings. The molecule has 4 saturated heterocycles. The Labute approximate surface area is 179 Å². The van der Waals surface area contributed by atoms with Crippen molar-refractivity contribution in [1.82, 2.24) is 0 Å². The molecule has 0 N–H and O–H groups in total. The molecule has 6 heteroatoms. The minimum Gasteiger partial charge on any atom is -0.374 e. The second kappa shape index (κ2) is 9.78. The van der Waals surface area contributed by atoms with E-state index in [2.05, 4.69) is 27.7 Å². The fourth-order valence-electron chi connectivity index (χ4n) is 5.09. The first-order valence-electron chi connectivity index (χ1n) is 11.3. The summed E-state index contributed by atoms with van der Waals surface area (Å²) in [4.78, 5) is 0. The van der Waals surface area contributed by atoms with Crippen molar-refractivity contribution in [3.8, 4) is 0 Å². The fourth-order valence-corrected chi connectivity index (χ4v) is 7.94. The predicted octanol–water partition coefficient (Wildman–Crippen LogP) is 4.81. The van der Waals surface area contributed by atoms with E-state index in [-0.39, 0.29) is 35.3 Å². The molecule has 4 rings (SSSR count). The summed E-state index contributed by atoms with van der Waals surface area (Å²) in [6.07, 6.45) is 5.60. The van der Waals surface area contributed by atoms with E-state index in [1.54, 1.807) is 0 Å². The Kier molecular flexibility index (Phi) is 7.60. The van der Waals surface area contributed by atoms with Crippen LogP contribution in [0, 0.1) is 23.7 Å². The van der Waals surface area contributed by atoms with Gasteiger partial charge >= 0.3 is 0 Å². The highest BCUT2D eigenvalue weighted by Crippen LogP contribution is 2.43. The van der Waals surface area contributed by atoms with Crippen molar-refractivity contribution in [2.24, 2.45) is 23.7 Å². The molecule has 0 radical (unpaired) electrons. The Balaban J connectivity index is 1.43. The molecule has 0 unspecified atom stereocenters. The smallest absolute Gasteiger partial charge is 0.130 e. The van der Waals surface area contributed by atoms with Gasteiger partial charge in [0, 0.05) is 24.7 Å². The maximum atomic E-state index is 6.74. The molecule has 4 heterocycles. The molecule has 0 aromatic rings. The summed E-state index contributed by atoms with van der Waals surface area (Å²) >= 11 is 3.89. The summed E-state index contributed by atoms with van der Waals surface area (Å²) in [5, 5.41) is 0. The zero-order valence-electron chi connectivity index (χ0n) is 17.9. The van der Waals surface area contributed by atoms with Gasteiger partial charge in [0.15, 0.2) is 0 Å². The van der Waals surface area contributed by atoms with E-state index in [0.29, 0.717) is 23.7 Å². The third-order valence-corrected chi connectivity index (χ3v) is 9.81. The van der Waals surface area contributed by atoms with E-state index in [1.165, 1.54) is 25.7 Å². The molecule has 10 atom stereocenters. The molecule has 0 bridgehead atoms. The van der Waals surface area contributed by atoms with E-state index in [4.69, 9.17) is 18.9 Å². The third kappa shape index (κ3) is 4.72. The molecule has 4 aliphatic heterocycles. The Morgan fingerprint density at radius 2 is 1.00 bits per heavy atom. The van der Waals surface area contributed by atoms with Crippen LogP contribution in [-0.2, 0) is 18.9 Å². The van der Waals surface area contributed by atoms with E-state index in [0.717, 1.165) is 24.7 Å². The first-order chi connectivity index (χ1) is 13.5. The number of thioether (sulfide) groups is 2. The van der Waals surface area contributed by atoms with Crippen LogP contribution in [-0.4, -0.2) is 60.0 Å². The summed E-state index contributed by atoms with van der Waals surface area (Å²) in [6.45, 7) is 11.0. The Morgan fingerprint density at radius 1 is 0.571 bits per heavy atom. The lowest BCUT2D eigenvalue weighted by Crippen LogP contribution is -2.54. The van der Waals surface area contributed by atoms with Gasteiger partial charge in [-0.05, 0) is 49.4 Å². The number of ether oxygens (including phenoxy) is 4. The summed E-state index contributed by atoms with van der Waals surface area (Å²) in [6, 6.07) is 0. The molecule has 4 nitrogen and oxygen atoms in total. The van der Waals surface area contributed by atoms with Crippen molar-refractivity contribution in [2.45, 2.75) is 88.7 Å². The first-order valence-corrected chi connectivity index (χ1v) is 13.4. The summed E-state index contributed by atoms with van der Waals surface area (Å²) in [5.74, 6) is 4.40. The monoisotopic (exact) mass is 430 g/mol. The van der Waals surface area contributed by atoms with Gasteiger partial charge in [-0.3, -0.25) is 0 Å². The van der Waals surface area contributed by atoms with Crippen LogP contribution in [0.1, 0.15) is 53.4 Å². The average Bonchev–Trinajstić information content (AvgIpc) is 2.70. The number of rotatable bonds is 3. The normalized spacial score (nSPS) is 51.0. The van der Waals surface area contributed by atoms with Crippen LogP contribution in [0.4, 0.5) is 0 Å². The lowest BCUT2D eigenvalue weighted by atomic mass is 9.91. The second-order valence-corrected chi connectivity index (χ2v) is 11.7. The van der Waals surface area contributed by atoms with Gasteiger partial charge in [0.2, 0.25) is 0 Å². The van der Waals surface area contributed by atoms with Crippen LogP contribution in [0.5, 0.6) is 0 Å². The third-order valence-electron chi connectivity index (χ3n) is 6.96. The van der Waals surface area contributed by atoms with Crippen LogP contribution in [0.2, 0.25) is 0 Å². The van der Waals surface area contributed by atoms with Gasteiger partial charge in [-0.2, -0.15) is 0 Å². The predicted molar refractivity (Wildman–Crippen MR) is 117 cm³/mol. The highest BCUT2D eigenvalue weighted by atomic mass is 32.2. The van der Waals surface area contributed by atoms with E-state index in [1.807, 2.05) is 23.5 Å². The van der Waals surface area contributed by atoms with Gasteiger partial charge in [0.25, 0.3) is 0 Å². The van der Waals surface area contributed by atoms with E-state index >= 15 is 0 Å². The average molecular weight is 431 g/mol. The Morgan fingerprint density at radius 3 is 1.39 bits per heavy atom. The molecule has 4 aliphatic rings. The molecule has 162 valence electrons. The molecule has 28 heavy (non-hydrogen) atoms. The van der Waals surface area contributed by atoms with Gasteiger partial charge in [-0.25, -0.2) is 0 Å². The number of hydrogen-bond acceptors (Lipinski definition) is 6. The van der Waals surface area contributed by atoms with Crippen molar-refractivity contribution >= 4 is 23.5 Å². The first kappa shape index (κ1) is 21.8. The van der Waals surface area contributed by atoms with Gasteiger partial charge in [0.1, 0.15) is 10.9 Å². The minimum atomic E-state index is 0.144. The highest BCUT2D eigenvalue weighted by Gasteiger charge is 2.46. The summed E-state index contributed by atoms with van der Waals surface area (Å²) in [5.41, 5.74) is 0.287. The molecule has 0 saturated carbocycles. The molecule has 0 spiro atoms. The van der Waals surface area contributed by atoms with Gasteiger partial charge < -0.3 is 18.9 Å². The standard InChI is InChI=1S/C22H38O4S2/c1-13-7-5-9-23-19(13)21-25-17(15(3)11-27-21)18-16(4)12-28-22(26-18)20-14(2)8-6-10-24-20/h13-22H,5-12H2,1-4H3/t13-,14-,15+,16+,17+,18+,19-,20-,21-,22-/m1/s1. The minimum absolute atomic E-state index is 0.144. The Hall–Kier alpha value is 0.540. The molecular formula is C22H38O4S2. The van der Waals surface area contributed by atoms with Crippen molar-refractivity contribution in [1.29, 1.82) is 0 Å². The molecule has 0 aliphatic carbocycles. The highest BCUT2D eigenvalue weighted by molar-refractivity contribution is 8.00.